The highest BCUT2D eigenvalue weighted by Gasteiger charge is 2.60. The fourth-order valence-electron chi connectivity index (χ4n) is 13.8. The molecule has 40 atom stereocenters. The van der Waals surface area contributed by atoms with Gasteiger partial charge >= 0.3 is 0 Å². The van der Waals surface area contributed by atoms with E-state index in [0.717, 1.165) is 11.1 Å². The van der Waals surface area contributed by atoms with Crippen molar-refractivity contribution in [3.63, 3.8) is 0 Å². The highest BCUT2D eigenvalue weighted by molar-refractivity contribution is 5.79. The Morgan fingerprint density at radius 1 is 0.252 bits per heavy atom. The minimum Gasteiger partial charge on any atom is -0.394 e. The molecule has 30 aliphatic rings. The van der Waals surface area contributed by atoms with E-state index in [-0.39, 0.29) is 6.42 Å². The van der Waals surface area contributed by atoms with Crippen LogP contribution in [0, 0.1) is 0 Å². The van der Waals surface area contributed by atoms with E-state index in [2.05, 4.69) is 5.32 Å². The lowest BCUT2D eigenvalue weighted by molar-refractivity contribution is -0.403. The van der Waals surface area contributed by atoms with Gasteiger partial charge in [0, 0.05) is 6.54 Å². The van der Waals surface area contributed by atoms with Crippen LogP contribution in [0.25, 0.3) is 11.1 Å². The van der Waals surface area contributed by atoms with Crippen molar-refractivity contribution in [1.29, 1.82) is 0 Å². The zero-order valence-corrected chi connectivity index (χ0v) is 54.4. The van der Waals surface area contributed by atoms with Crippen molar-refractivity contribution < 1.29 is 198 Å². The molecule has 30 saturated heterocycles. The Hall–Kier alpha value is -3.65. The van der Waals surface area contributed by atoms with E-state index in [1.54, 1.807) is 24.3 Å². The molecule has 30 fully saturated rings. The Kier molecular flexibility index (Phi) is 27.3. The second-order valence-electron chi connectivity index (χ2n) is 26.3. The van der Waals surface area contributed by atoms with Gasteiger partial charge in [0.15, 0.2) is 50.3 Å². The van der Waals surface area contributed by atoms with Crippen LogP contribution in [-0.4, -0.2) is 422 Å². The van der Waals surface area contributed by atoms with Gasteiger partial charge in [-0.1, -0.05) is 54.6 Å². The van der Waals surface area contributed by atoms with Crippen molar-refractivity contribution in [1.82, 2.24) is 5.32 Å². The fourth-order valence-corrected chi connectivity index (χ4v) is 13.8. The van der Waals surface area contributed by atoms with Gasteiger partial charge < -0.3 is 199 Å². The maximum absolute atomic E-state index is 13.7. The lowest BCUT2D eigenvalue weighted by Crippen LogP contribution is -2.69. The van der Waals surface area contributed by atoms with Crippen LogP contribution in [-0.2, 0) is 87.0 Å². The molecule has 103 heavy (non-hydrogen) atoms. The molecule has 30 heterocycles. The minimum atomic E-state index is -2.30. The summed E-state index contributed by atoms with van der Waals surface area (Å²) in [5, 5.41) is 262. The first kappa shape index (κ1) is 80.4. The Labute approximate surface area is 583 Å². The molecule has 24 N–H and O–H groups in total. The Balaban J connectivity index is 0.863. The summed E-state index contributed by atoms with van der Waals surface area (Å²) in [6.45, 7) is -8.32. The van der Waals surface area contributed by atoms with Gasteiger partial charge in [-0.3, -0.25) is 4.79 Å². The molecule has 0 spiro atoms. The lowest BCUT2D eigenvalue weighted by Gasteiger charge is -2.50. The van der Waals surface area contributed by atoms with Crippen LogP contribution in [0.2, 0.25) is 0 Å². The molecule has 0 unspecified atom stereocenters. The first-order valence-corrected chi connectivity index (χ1v) is 33.3. The van der Waals surface area contributed by atoms with Crippen LogP contribution in [0.3, 0.4) is 0 Å². The van der Waals surface area contributed by atoms with Gasteiger partial charge in [0.25, 0.3) is 0 Å². The van der Waals surface area contributed by atoms with E-state index in [4.69, 9.17) is 75.8 Å². The molecule has 2 aromatic carbocycles. The van der Waals surface area contributed by atoms with Crippen molar-refractivity contribution >= 4 is 5.91 Å². The van der Waals surface area contributed by atoms with Crippen LogP contribution in [0.1, 0.15) is 5.56 Å². The number of ether oxygens (including phenoxy) is 16. The van der Waals surface area contributed by atoms with Gasteiger partial charge in [-0.25, -0.2) is 0 Å². The molecule has 584 valence electrons. The third kappa shape index (κ3) is 16.8. The molecule has 0 saturated carbocycles. The number of rotatable bonds is 12. The highest BCUT2D eigenvalue weighted by Crippen LogP contribution is 2.40. The largest absolute Gasteiger partial charge is 0.394 e. The zero-order valence-electron chi connectivity index (χ0n) is 54.4. The Morgan fingerprint density at radius 2 is 0.447 bits per heavy atom. The summed E-state index contributed by atoms with van der Waals surface area (Å²) >= 11 is 0. The van der Waals surface area contributed by atoms with Crippen LogP contribution < -0.4 is 5.32 Å². The Morgan fingerprint density at radius 3 is 0.660 bits per heavy atom. The molecular formula is C62H91NO40. The first-order valence-electron chi connectivity index (χ1n) is 33.3. The first-order chi connectivity index (χ1) is 49.3. The second-order valence-corrected chi connectivity index (χ2v) is 26.3. The van der Waals surface area contributed by atoms with Crippen molar-refractivity contribution in [2.45, 2.75) is 252 Å². The molecule has 0 radical (unpaired) electrons. The van der Waals surface area contributed by atoms with Gasteiger partial charge in [-0.15, -0.1) is 0 Å². The third-order valence-electron chi connectivity index (χ3n) is 19.6. The number of hydrogen-bond acceptors (Lipinski definition) is 40. The normalized spacial score (nSPS) is 48.9. The summed E-state index contributed by atoms with van der Waals surface area (Å²) in [6.07, 6.45) is -83.2. The number of aliphatic hydroxyl groups excluding tert-OH is 23. The van der Waals surface area contributed by atoms with E-state index in [9.17, 15) is 122 Å². The quantitative estimate of drug-likeness (QED) is 0.0938. The van der Waals surface area contributed by atoms with E-state index in [1.165, 1.54) is 0 Å². The number of aliphatic hydroxyl groups is 23. The number of nitrogens with one attached hydrogen (secondary N) is 1. The molecule has 41 nitrogen and oxygen atoms in total. The van der Waals surface area contributed by atoms with Gasteiger partial charge in [0.05, 0.1) is 52.7 Å². The van der Waals surface area contributed by atoms with Crippen molar-refractivity contribution in [3.8, 4) is 11.1 Å². The molecule has 0 aliphatic carbocycles. The SMILES string of the molecule is O=C(Cc1ccc(-c2ccccc2)cc1)NC[C@@H]1O[C@@H]2O[C@H]3[C@H](O)[C@H](O)[C@@H](O[C@H]4[C@@H](O)[C@H](O)[C@@H](O[C@H]5[C@H](O)[C@@H](O)[C@@H](O[C@H]6[C@H](O)[C@H](O)[C@@H](O[C@H]7[C@H](O)[C@@H](O)[C@@H](O[C@H]8[C@H](O)[C@@H](O)[C@@H](O[C@H]9[C@H](O)[C@@H](O)[C@@H](O[C@H]1[C@H](O)[C@H]2O)O[C@H]9CO)O[C@H]8CO)O[C@H]7CO)O[C@@H]6CO)O[C@@H]5CO)O[C@@H]4CO)O[C@@H]3CO. The van der Waals surface area contributed by atoms with Gasteiger partial charge in [0.2, 0.25) is 5.91 Å². The number of hydrogen-bond donors (Lipinski definition) is 24. The monoisotopic (exact) mass is 1490 g/mol. The van der Waals surface area contributed by atoms with E-state index in [1.807, 2.05) is 30.3 Å². The molecule has 1 amide bonds. The standard InChI is InChI=1S/C62H91NO40/c64-12-23-48-33(74)41(82)57(90-23)99-50-25(14-66)92-59(43(84)35(50)76)101-52-27(16-68)94-61(45(86)37(52)78)103-54-29(18-70)95-62(46(87)38(54)79)102-53-28(17-69)93-60(44(85)36(53)77)100-51-26(15-67)91-58(42(83)34(51)75)98-49-24(13-65)89-56(40(81)32(49)73)96-47-22(88-55(97-48)39(80)31(47)72)11-63-30(71)10-19-6-8-21(9-7-19)20-4-2-1-3-5-20/h1-9,22-29,31-62,64-70,72-87H,10-18H2,(H,63,71)/t22-,23+,24-,25+,26-,27+,28-,29+,31+,32+,33+,34+,35-,36+,37+,38+,39+,40+,41-,42+,43-,44+,45+,46-,47+,48+,49+,50+,51+,52+,53+,54+,55+,56+,57+,58+,59+,60+,61+,62+/m0/s1. The molecule has 32 rings (SSSR count). The summed E-state index contributed by atoms with van der Waals surface area (Å²) < 4.78 is 93.1. The smallest absolute Gasteiger partial charge is 0.224 e. The van der Waals surface area contributed by atoms with Crippen LogP contribution in [0.15, 0.2) is 54.6 Å². The summed E-state index contributed by atoms with van der Waals surface area (Å²) in [5.74, 6) is -0.657. The van der Waals surface area contributed by atoms with Crippen LogP contribution in [0.5, 0.6) is 0 Å². The predicted molar refractivity (Wildman–Crippen MR) is 323 cm³/mol. The summed E-state index contributed by atoms with van der Waals surface area (Å²) in [7, 11) is 0. The Bertz CT molecular complexity index is 2940. The van der Waals surface area contributed by atoms with Crippen molar-refractivity contribution in [2.75, 3.05) is 52.8 Å². The van der Waals surface area contributed by atoms with E-state index < -0.39 is 304 Å². The molecule has 30 aliphatic heterocycles. The fraction of sp³-hybridized carbons (Fsp3) is 0.790. The van der Waals surface area contributed by atoms with Crippen molar-refractivity contribution in [3.05, 3.63) is 60.2 Å². The summed E-state index contributed by atoms with van der Waals surface area (Å²) in [5.41, 5.74) is 2.26. The third-order valence-corrected chi connectivity index (χ3v) is 19.6. The summed E-state index contributed by atoms with van der Waals surface area (Å²) in [6, 6.07) is 16.3. The highest BCUT2D eigenvalue weighted by atomic mass is 16.8. The molecule has 16 bridgehead atoms. The van der Waals surface area contributed by atoms with Crippen LogP contribution >= 0.6 is 0 Å². The number of amides is 1. The summed E-state index contributed by atoms with van der Waals surface area (Å²) in [4.78, 5) is 13.7. The number of carbonyl (C=O) groups is 1. The molecular weight excluding hydrogens is 1400 g/mol. The van der Waals surface area contributed by atoms with Gasteiger partial charge in [0.1, 0.15) is 195 Å². The predicted octanol–water partition coefficient (Wildman–Crippen LogP) is -14.4. The molecule has 2 aromatic rings. The molecule has 0 aromatic heterocycles. The van der Waals surface area contributed by atoms with E-state index in [0.29, 0.717) is 5.56 Å². The number of benzene rings is 2. The van der Waals surface area contributed by atoms with Crippen molar-refractivity contribution in [2.24, 2.45) is 0 Å². The van der Waals surface area contributed by atoms with Crippen LogP contribution in [0.4, 0.5) is 0 Å². The average molecular weight is 1490 g/mol. The minimum absolute atomic E-state index is 0.249. The van der Waals surface area contributed by atoms with Gasteiger partial charge in [-0.2, -0.15) is 0 Å². The zero-order chi connectivity index (χ0) is 74.2. The van der Waals surface area contributed by atoms with E-state index >= 15 is 0 Å². The second kappa shape index (κ2) is 34.9. The van der Waals surface area contributed by atoms with Gasteiger partial charge in [-0.05, 0) is 16.7 Å². The topological polar surface area (TPSA) is 642 Å². The molecule has 41 heteroatoms. The lowest BCUT2D eigenvalue weighted by atomic mass is 9.94. The number of carbonyl (C=O) groups excluding carboxylic acids is 1. The maximum atomic E-state index is 13.7. The average Bonchev–Trinajstić information content (AvgIpc) is 0.775. The maximum Gasteiger partial charge on any atom is 0.224 e.